The van der Waals surface area contributed by atoms with Gasteiger partial charge in [0.25, 0.3) is 0 Å². The second kappa shape index (κ2) is 5.46. The lowest BCUT2D eigenvalue weighted by molar-refractivity contribution is -0.138. The van der Waals surface area contributed by atoms with Crippen LogP contribution in [0, 0.1) is 0 Å². The van der Waals surface area contributed by atoms with Crippen LogP contribution in [-0.4, -0.2) is 62.1 Å². The van der Waals surface area contributed by atoms with Crippen LogP contribution in [0.15, 0.2) is 0 Å². The fourth-order valence-electron chi connectivity index (χ4n) is 1.78. The van der Waals surface area contributed by atoms with E-state index in [-0.39, 0.29) is 24.4 Å². The maximum absolute atomic E-state index is 11.9. The van der Waals surface area contributed by atoms with Crippen LogP contribution in [0.3, 0.4) is 0 Å². The Morgan fingerprint density at radius 1 is 1.47 bits per heavy atom. The molecule has 2 aliphatic rings. The highest BCUT2D eigenvalue weighted by Crippen LogP contribution is 2.18. The maximum Gasteiger partial charge on any atom is 0.242 e. The number of carbonyl (C=O) groups is 2. The van der Waals surface area contributed by atoms with Crippen LogP contribution < -0.4 is 10.6 Å². The zero-order valence-electron chi connectivity index (χ0n) is 10.1. The molecule has 17 heavy (non-hydrogen) atoms. The predicted molar refractivity (Wildman–Crippen MR) is 61.4 cm³/mol. The molecule has 0 spiro atoms. The molecule has 6 nitrogen and oxygen atoms in total. The molecule has 1 unspecified atom stereocenters. The zero-order valence-corrected chi connectivity index (χ0v) is 10.1. The van der Waals surface area contributed by atoms with Crippen molar-refractivity contribution in [2.45, 2.75) is 24.9 Å². The Labute approximate surface area is 101 Å². The van der Waals surface area contributed by atoms with Crippen LogP contribution in [0.1, 0.15) is 12.8 Å². The summed E-state index contributed by atoms with van der Waals surface area (Å²) in [6, 6.07) is 0.0182. The Bertz CT molecular complexity index is 298. The normalized spacial score (nSPS) is 24.2. The first-order valence-corrected chi connectivity index (χ1v) is 6.02. The van der Waals surface area contributed by atoms with E-state index in [9.17, 15) is 9.59 Å². The van der Waals surface area contributed by atoms with Gasteiger partial charge in [0.1, 0.15) is 6.04 Å². The van der Waals surface area contributed by atoms with E-state index in [0.29, 0.717) is 25.8 Å². The molecule has 96 valence electrons. The van der Waals surface area contributed by atoms with E-state index >= 15 is 0 Å². The monoisotopic (exact) mass is 241 g/mol. The van der Waals surface area contributed by atoms with Gasteiger partial charge in [0.05, 0.1) is 19.8 Å². The van der Waals surface area contributed by atoms with Crippen molar-refractivity contribution >= 4 is 11.8 Å². The molecule has 2 N–H and O–H groups in total. The van der Waals surface area contributed by atoms with E-state index in [1.54, 1.807) is 7.05 Å². The minimum Gasteiger partial charge on any atom is -0.378 e. The number of hydrogen-bond acceptors (Lipinski definition) is 4. The first kappa shape index (κ1) is 12.3. The smallest absolute Gasteiger partial charge is 0.242 e. The Kier molecular flexibility index (Phi) is 3.96. The lowest BCUT2D eigenvalue weighted by Crippen LogP contribution is -2.53. The molecule has 0 radical (unpaired) electrons. The Morgan fingerprint density at radius 3 is 2.82 bits per heavy atom. The highest BCUT2D eigenvalue weighted by molar-refractivity contribution is 5.87. The fraction of sp³-hybridized carbons (Fsp3) is 0.818. The third-order valence-corrected chi connectivity index (χ3v) is 2.92. The van der Waals surface area contributed by atoms with Gasteiger partial charge in [0.2, 0.25) is 11.8 Å². The second-order valence-electron chi connectivity index (χ2n) is 4.62. The number of nitrogens with one attached hydrogen (secondary N) is 2. The number of nitrogens with zero attached hydrogens (tertiary/aromatic N) is 1. The van der Waals surface area contributed by atoms with Crippen LogP contribution in [0.4, 0.5) is 0 Å². The standard InChI is InChI=1S/C11H19N3O3/c1-14(6-10(15)13-8-2-3-8)11(16)9-7-17-5-4-12-9/h8-9,12H,2-7H2,1H3,(H,13,15). The minimum atomic E-state index is -0.317. The van der Waals surface area contributed by atoms with Gasteiger partial charge in [0, 0.05) is 19.6 Å². The first-order valence-electron chi connectivity index (χ1n) is 6.02. The topological polar surface area (TPSA) is 70.7 Å². The van der Waals surface area contributed by atoms with Crippen LogP contribution in [0.25, 0.3) is 0 Å². The van der Waals surface area contributed by atoms with Gasteiger partial charge in [-0.1, -0.05) is 0 Å². The summed E-state index contributed by atoms with van der Waals surface area (Å²) >= 11 is 0. The molecule has 1 atom stereocenters. The quantitative estimate of drug-likeness (QED) is 0.642. The van der Waals surface area contributed by atoms with Crippen LogP contribution in [0.5, 0.6) is 0 Å². The fourth-order valence-corrected chi connectivity index (χ4v) is 1.78. The molecule has 0 aromatic carbocycles. The van der Waals surface area contributed by atoms with Gasteiger partial charge in [-0.2, -0.15) is 0 Å². The van der Waals surface area contributed by atoms with Crippen LogP contribution >= 0.6 is 0 Å². The van der Waals surface area contributed by atoms with Gasteiger partial charge < -0.3 is 20.3 Å². The molecular weight excluding hydrogens is 222 g/mol. The van der Waals surface area contributed by atoms with E-state index in [1.807, 2.05) is 0 Å². The zero-order chi connectivity index (χ0) is 12.3. The van der Waals surface area contributed by atoms with Crippen molar-refractivity contribution in [1.29, 1.82) is 0 Å². The summed E-state index contributed by atoms with van der Waals surface area (Å²) in [5.41, 5.74) is 0. The molecule has 6 heteroatoms. The van der Waals surface area contributed by atoms with Crippen molar-refractivity contribution in [1.82, 2.24) is 15.5 Å². The van der Waals surface area contributed by atoms with E-state index in [4.69, 9.17) is 4.74 Å². The number of morpholine rings is 1. The van der Waals surface area contributed by atoms with E-state index in [1.165, 1.54) is 4.90 Å². The highest BCUT2D eigenvalue weighted by Gasteiger charge is 2.27. The Balaban J connectivity index is 1.74. The SMILES string of the molecule is CN(CC(=O)NC1CC1)C(=O)C1COCCN1. The molecular formula is C11H19N3O3. The van der Waals surface area contributed by atoms with E-state index in [0.717, 1.165) is 12.8 Å². The molecule has 2 fully saturated rings. The average molecular weight is 241 g/mol. The van der Waals surface area contributed by atoms with Gasteiger partial charge in [-0.15, -0.1) is 0 Å². The van der Waals surface area contributed by atoms with Gasteiger partial charge in [-0.05, 0) is 12.8 Å². The molecule has 0 aromatic heterocycles. The summed E-state index contributed by atoms with van der Waals surface area (Å²) < 4.78 is 5.22. The Hall–Kier alpha value is -1.14. The van der Waals surface area contributed by atoms with Crippen molar-refractivity contribution < 1.29 is 14.3 Å². The van der Waals surface area contributed by atoms with Crippen molar-refractivity contribution in [3.8, 4) is 0 Å². The summed E-state index contributed by atoms with van der Waals surface area (Å²) in [5, 5.41) is 5.94. The van der Waals surface area contributed by atoms with Crippen LogP contribution in [-0.2, 0) is 14.3 Å². The largest absolute Gasteiger partial charge is 0.378 e. The number of rotatable bonds is 4. The predicted octanol–water partition coefficient (Wildman–Crippen LogP) is -1.29. The number of amides is 2. The summed E-state index contributed by atoms with van der Waals surface area (Å²) in [6.07, 6.45) is 2.11. The molecule has 0 bridgehead atoms. The molecule has 1 heterocycles. The lowest BCUT2D eigenvalue weighted by Gasteiger charge is -2.27. The van der Waals surface area contributed by atoms with Crippen molar-refractivity contribution in [2.24, 2.45) is 0 Å². The highest BCUT2D eigenvalue weighted by atomic mass is 16.5. The third-order valence-electron chi connectivity index (χ3n) is 2.92. The van der Waals surface area contributed by atoms with Crippen LogP contribution in [0.2, 0.25) is 0 Å². The van der Waals surface area contributed by atoms with Crippen molar-refractivity contribution in [3.63, 3.8) is 0 Å². The van der Waals surface area contributed by atoms with Crippen molar-refractivity contribution in [3.05, 3.63) is 0 Å². The number of ether oxygens (including phenoxy) is 1. The summed E-state index contributed by atoms with van der Waals surface area (Å²) in [5.74, 6) is -0.171. The Morgan fingerprint density at radius 2 is 2.24 bits per heavy atom. The van der Waals surface area contributed by atoms with Gasteiger partial charge in [-0.25, -0.2) is 0 Å². The third kappa shape index (κ3) is 3.67. The van der Waals surface area contributed by atoms with Crippen molar-refractivity contribution in [2.75, 3.05) is 33.4 Å². The van der Waals surface area contributed by atoms with E-state index < -0.39 is 0 Å². The molecule has 1 saturated heterocycles. The van der Waals surface area contributed by atoms with E-state index in [2.05, 4.69) is 10.6 Å². The first-order chi connectivity index (χ1) is 8.16. The van der Waals surface area contributed by atoms with Gasteiger partial charge in [0.15, 0.2) is 0 Å². The molecule has 0 aromatic rings. The minimum absolute atomic E-state index is 0.0833. The molecule has 1 aliphatic carbocycles. The van der Waals surface area contributed by atoms with Gasteiger partial charge in [-0.3, -0.25) is 9.59 Å². The number of hydrogen-bond donors (Lipinski definition) is 2. The maximum atomic E-state index is 11.9. The lowest BCUT2D eigenvalue weighted by atomic mass is 10.2. The number of likely N-dealkylation sites (N-methyl/N-ethyl adjacent to an activating group) is 1. The molecule has 1 aliphatic heterocycles. The summed E-state index contributed by atoms with van der Waals surface area (Å²) in [7, 11) is 1.64. The number of carbonyl (C=O) groups excluding carboxylic acids is 2. The molecule has 2 rings (SSSR count). The molecule has 1 saturated carbocycles. The second-order valence-corrected chi connectivity index (χ2v) is 4.62. The summed E-state index contributed by atoms with van der Waals surface area (Å²) in [4.78, 5) is 24.9. The average Bonchev–Trinajstić information content (AvgIpc) is 3.12. The summed E-state index contributed by atoms with van der Waals surface area (Å²) in [6.45, 7) is 1.81. The molecule has 2 amide bonds. The van der Waals surface area contributed by atoms with Gasteiger partial charge >= 0.3 is 0 Å².